The Labute approximate surface area is 126 Å². The van der Waals surface area contributed by atoms with Gasteiger partial charge < -0.3 is 5.73 Å². The standard InChI is InChI=1S/C18H23NS/c1-13(2)15-6-4-14(5-7-15)12-18(19)16-8-10-17(20-3)11-9-16/h4-11,13,18H,12,19H2,1-3H3. The molecule has 20 heavy (non-hydrogen) atoms. The van der Waals surface area contributed by atoms with E-state index in [1.807, 2.05) is 0 Å². The van der Waals surface area contributed by atoms with Crippen LogP contribution in [-0.2, 0) is 6.42 Å². The van der Waals surface area contributed by atoms with Crippen molar-refractivity contribution in [3.8, 4) is 0 Å². The third kappa shape index (κ3) is 3.87. The molecule has 0 aliphatic carbocycles. The second-order valence-corrected chi connectivity index (χ2v) is 6.36. The van der Waals surface area contributed by atoms with E-state index >= 15 is 0 Å². The molecule has 2 heteroatoms. The predicted molar refractivity (Wildman–Crippen MR) is 89.4 cm³/mol. The number of hydrogen-bond acceptors (Lipinski definition) is 2. The quantitative estimate of drug-likeness (QED) is 0.800. The fraction of sp³-hybridized carbons (Fsp3) is 0.333. The van der Waals surface area contributed by atoms with E-state index in [4.69, 9.17) is 5.73 Å². The first kappa shape index (κ1) is 15.1. The molecule has 0 saturated heterocycles. The topological polar surface area (TPSA) is 26.0 Å². The first-order valence-corrected chi connectivity index (χ1v) is 8.31. The van der Waals surface area contributed by atoms with Gasteiger partial charge in [0, 0.05) is 10.9 Å². The van der Waals surface area contributed by atoms with Gasteiger partial charge in [0.15, 0.2) is 0 Å². The monoisotopic (exact) mass is 285 g/mol. The maximum absolute atomic E-state index is 6.31. The van der Waals surface area contributed by atoms with Gasteiger partial charge in [0.1, 0.15) is 0 Å². The number of benzene rings is 2. The second-order valence-electron chi connectivity index (χ2n) is 5.48. The van der Waals surface area contributed by atoms with E-state index < -0.39 is 0 Å². The lowest BCUT2D eigenvalue weighted by Crippen LogP contribution is -2.13. The third-order valence-corrected chi connectivity index (χ3v) is 4.39. The molecule has 0 spiro atoms. The molecular weight excluding hydrogens is 262 g/mol. The molecule has 0 aliphatic rings. The third-order valence-electron chi connectivity index (χ3n) is 3.65. The molecule has 1 nitrogen and oxygen atoms in total. The van der Waals surface area contributed by atoms with Crippen LogP contribution in [0.1, 0.15) is 42.5 Å². The van der Waals surface area contributed by atoms with E-state index in [1.165, 1.54) is 21.6 Å². The van der Waals surface area contributed by atoms with Gasteiger partial charge in [-0.1, -0.05) is 50.2 Å². The number of nitrogens with two attached hydrogens (primary N) is 1. The highest BCUT2D eigenvalue weighted by molar-refractivity contribution is 7.98. The lowest BCUT2D eigenvalue weighted by molar-refractivity contribution is 0.720. The molecule has 0 aliphatic heterocycles. The highest BCUT2D eigenvalue weighted by Gasteiger charge is 2.07. The normalized spacial score (nSPS) is 12.7. The summed E-state index contributed by atoms with van der Waals surface area (Å²) in [5.41, 5.74) is 10.2. The van der Waals surface area contributed by atoms with Gasteiger partial charge >= 0.3 is 0 Å². The highest BCUT2D eigenvalue weighted by atomic mass is 32.2. The zero-order valence-corrected chi connectivity index (χ0v) is 13.3. The van der Waals surface area contributed by atoms with Gasteiger partial charge in [-0.3, -0.25) is 0 Å². The van der Waals surface area contributed by atoms with Crippen molar-refractivity contribution in [1.29, 1.82) is 0 Å². The minimum atomic E-state index is 0.0656. The number of rotatable bonds is 5. The van der Waals surface area contributed by atoms with Crippen LogP contribution in [0.2, 0.25) is 0 Å². The lowest BCUT2D eigenvalue weighted by Gasteiger charge is -2.13. The van der Waals surface area contributed by atoms with E-state index in [0.29, 0.717) is 5.92 Å². The Morgan fingerprint density at radius 2 is 1.45 bits per heavy atom. The molecule has 0 radical (unpaired) electrons. The van der Waals surface area contributed by atoms with Crippen LogP contribution < -0.4 is 5.73 Å². The Hall–Kier alpha value is -1.25. The molecule has 2 rings (SSSR count). The molecule has 0 amide bonds. The summed E-state index contributed by atoms with van der Waals surface area (Å²) in [4.78, 5) is 1.28. The molecule has 2 aromatic rings. The second kappa shape index (κ2) is 6.96. The van der Waals surface area contributed by atoms with Gasteiger partial charge in [0.2, 0.25) is 0 Å². The summed E-state index contributed by atoms with van der Waals surface area (Å²) in [6, 6.07) is 17.4. The van der Waals surface area contributed by atoms with Crippen molar-refractivity contribution in [2.75, 3.05) is 6.26 Å². The zero-order chi connectivity index (χ0) is 14.5. The summed E-state index contributed by atoms with van der Waals surface area (Å²) in [5, 5.41) is 0. The summed E-state index contributed by atoms with van der Waals surface area (Å²) in [6.07, 6.45) is 2.97. The Balaban J connectivity index is 2.04. The summed E-state index contributed by atoms with van der Waals surface area (Å²) in [6.45, 7) is 4.43. The molecular formula is C18H23NS. The molecule has 0 saturated carbocycles. The smallest absolute Gasteiger partial charge is 0.0335 e. The van der Waals surface area contributed by atoms with Crippen LogP contribution in [0.5, 0.6) is 0 Å². The molecule has 0 fully saturated rings. The minimum absolute atomic E-state index is 0.0656. The molecule has 0 bridgehead atoms. The fourth-order valence-electron chi connectivity index (χ4n) is 2.26. The first-order valence-electron chi connectivity index (χ1n) is 7.08. The van der Waals surface area contributed by atoms with Gasteiger partial charge in [-0.25, -0.2) is 0 Å². The Kier molecular flexibility index (Phi) is 5.27. The Bertz CT molecular complexity index is 528. The zero-order valence-electron chi connectivity index (χ0n) is 12.5. The van der Waals surface area contributed by atoms with E-state index in [0.717, 1.165) is 6.42 Å². The average Bonchev–Trinajstić information content (AvgIpc) is 2.48. The predicted octanol–water partition coefficient (Wildman–Crippen LogP) is 4.77. The highest BCUT2D eigenvalue weighted by Crippen LogP contribution is 2.21. The first-order chi connectivity index (χ1) is 9.60. The number of thioether (sulfide) groups is 1. The average molecular weight is 285 g/mol. The molecule has 2 N–H and O–H groups in total. The summed E-state index contributed by atoms with van der Waals surface area (Å²) >= 11 is 1.76. The van der Waals surface area contributed by atoms with E-state index in [9.17, 15) is 0 Å². The molecule has 1 atom stereocenters. The van der Waals surface area contributed by atoms with Crippen LogP contribution in [0.4, 0.5) is 0 Å². The van der Waals surface area contributed by atoms with Crippen LogP contribution >= 0.6 is 11.8 Å². The van der Waals surface area contributed by atoms with Crippen molar-refractivity contribution < 1.29 is 0 Å². The van der Waals surface area contributed by atoms with Gasteiger partial charge in [-0.2, -0.15) is 0 Å². The van der Waals surface area contributed by atoms with Gasteiger partial charge in [-0.15, -0.1) is 11.8 Å². The van der Waals surface area contributed by atoms with Crippen LogP contribution in [0.25, 0.3) is 0 Å². The molecule has 2 aromatic carbocycles. The van der Waals surface area contributed by atoms with Gasteiger partial charge in [-0.05, 0) is 47.4 Å². The van der Waals surface area contributed by atoms with Crippen molar-refractivity contribution in [2.45, 2.75) is 37.1 Å². The molecule has 0 aromatic heterocycles. The lowest BCUT2D eigenvalue weighted by atomic mass is 9.97. The largest absolute Gasteiger partial charge is 0.324 e. The Morgan fingerprint density at radius 1 is 0.900 bits per heavy atom. The molecule has 1 unspecified atom stereocenters. The molecule has 106 valence electrons. The summed E-state index contributed by atoms with van der Waals surface area (Å²) in [7, 11) is 0. The number of hydrogen-bond donors (Lipinski definition) is 1. The van der Waals surface area contributed by atoms with Crippen molar-refractivity contribution in [1.82, 2.24) is 0 Å². The SMILES string of the molecule is CSc1ccc(C(N)Cc2ccc(C(C)C)cc2)cc1. The van der Waals surface area contributed by atoms with Crippen molar-refractivity contribution >= 4 is 11.8 Å². The fourth-order valence-corrected chi connectivity index (χ4v) is 2.67. The van der Waals surface area contributed by atoms with Crippen LogP contribution in [0.15, 0.2) is 53.4 Å². The van der Waals surface area contributed by atoms with Gasteiger partial charge in [0.25, 0.3) is 0 Å². The van der Waals surface area contributed by atoms with Crippen molar-refractivity contribution in [3.05, 3.63) is 65.2 Å². The van der Waals surface area contributed by atoms with E-state index in [2.05, 4.69) is 68.6 Å². The summed E-state index contributed by atoms with van der Waals surface area (Å²) < 4.78 is 0. The Morgan fingerprint density at radius 3 is 1.95 bits per heavy atom. The summed E-state index contributed by atoms with van der Waals surface area (Å²) in [5.74, 6) is 0.580. The van der Waals surface area contributed by atoms with E-state index in [-0.39, 0.29) is 6.04 Å². The van der Waals surface area contributed by atoms with E-state index in [1.54, 1.807) is 11.8 Å². The van der Waals surface area contributed by atoms with Crippen molar-refractivity contribution in [2.24, 2.45) is 5.73 Å². The van der Waals surface area contributed by atoms with Crippen LogP contribution in [-0.4, -0.2) is 6.26 Å². The van der Waals surface area contributed by atoms with Crippen molar-refractivity contribution in [3.63, 3.8) is 0 Å². The maximum atomic E-state index is 6.31. The van der Waals surface area contributed by atoms with Gasteiger partial charge in [0.05, 0.1) is 0 Å². The maximum Gasteiger partial charge on any atom is 0.0335 e. The minimum Gasteiger partial charge on any atom is -0.324 e. The van der Waals surface area contributed by atoms with Crippen LogP contribution in [0.3, 0.4) is 0 Å². The molecule has 0 heterocycles. The van der Waals surface area contributed by atoms with Crippen LogP contribution in [0, 0.1) is 0 Å².